The molecule has 2 heterocycles. The van der Waals surface area contributed by atoms with Crippen LogP contribution in [0.2, 0.25) is 0 Å². The summed E-state index contributed by atoms with van der Waals surface area (Å²) in [6.45, 7) is 15.7. The van der Waals surface area contributed by atoms with Crippen LogP contribution in [-0.4, -0.2) is 81.4 Å². The van der Waals surface area contributed by atoms with E-state index in [2.05, 4.69) is 54.1 Å². The monoisotopic (exact) mass is 530 g/mol. The van der Waals surface area contributed by atoms with Crippen molar-refractivity contribution < 1.29 is 9.47 Å². The average molecular weight is 530 g/mol. The van der Waals surface area contributed by atoms with Crippen LogP contribution in [0.25, 0.3) is 0 Å². The van der Waals surface area contributed by atoms with E-state index in [0.717, 1.165) is 78.0 Å². The molecular weight excluding hydrogens is 491 g/mol. The molecule has 2 saturated heterocycles. The third-order valence-corrected chi connectivity index (χ3v) is 5.72. The highest BCUT2D eigenvalue weighted by Gasteiger charge is 2.25. The second-order valence-corrected chi connectivity index (χ2v) is 8.06. The van der Waals surface area contributed by atoms with Gasteiger partial charge in [0.15, 0.2) is 5.96 Å². The Kier molecular flexibility index (Phi) is 11.4. The number of aliphatic imine (C=N–C) groups is 1. The number of unbranched alkanes of at least 4 members (excludes halogenated alkanes) is 1. The molecule has 0 radical (unpaired) electrons. The van der Waals surface area contributed by atoms with Crippen molar-refractivity contribution in [2.75, 3.05) is 65.6 Å². The van der Waals surface area contributed by atoms with Crippen LogP contribution < -0.4 is 5.32 Å². The lowest BCUT2D eigenvalue weighted by Gasteiger charge is -2.36. The summed E-state index contributed by atoms with van der Waals surface area (Å²) in [6, 6.07) is 6.64. The second kappa shape index (κ2) is 13.5. The fourth-order valence-electron chi connectivity index (χ4n) is 4.10. The number of nitrogens with zero attached hydrogens (tertiary/aromatic N) is 3. The van der Waals surface area contributed by atoms with E-state index < -0.39 is 0 Å². The largest absolute Gasteiger partial charge is 0.379 e. The lowest BCUT2D eigenvalue weighted by atomic mass is 10.00. The molecule has 2 fully saturated rings. The normalized spacial score (nSPS) is 20.7. The molecule has 0 spiro atoms. The van der Waals surface area contributed by atoms with Crippen molar-refractivity contribution in [2.45, 2.75) is 39.7 Å². The van der Waals surface area contributed by atoms with Crippen LogP contribution in [0.1, 0.15) is 42.6 Å². The number of morpholine rings is 2. The van der Waals surface area contributed by atoms with Crippen molar-refractivity contribution in [2.24, 2.45) is 4.99 Å². The number of benzene rings is 1. The molecule has 1 unspecified atom stereocenters. The highest BCUT2D eigenvalue weighted by atomic mass is 127. The number of hydrogen-bond donors (Lipinski definition) is 1. The maximum absolute atomic E-state index is 6.11. The van der Waals surface area contributed by atoms with Crippen LogP contribution in [0.15, 0.2) is 23.2 Å². The van der Waals surface area contributed by atoms with Gasteiger partial charge in [-0.2, -0.15) is 0 Å². The van der Waals surface area contributed by atoms with Crippen LogP contribution in [-0.2, 0) is 9.47 Å². The molecule has 6 nitrogen and oxygen atoms in total. The van der Waals surface area contributed by atoms with Crippen LogP contribution in [0.5, 0.6) is 0 Å². The van der Waals surface area contributed by atoms with Crippen molar-refractivity contribution in [1.82, 2.24) is 15.1 Å². The van der Waals surface area contributed by atoms with E-state index in [9.17, 15) is 0 Å². The van der Waals surface area contributed by atoms with Gasteiger partial charge in [0.25, 0.3) is 0 Å². The van der Waals surface area contributed by atoms with Gasteiger partial charge in [0, 0.05) is 32.7 Å². The molecule has 1 aromatic carbocycles. The Bertz CT molecular complexity index is 665. The van der Waals surface area contributed by atoms with E-state index in [4.69, 9.17) is 14.5 Å². The van der Waals surface area contributed by atoms with Crippen LogP contribution >= 0.6 is 24.0 Å². The van der Waals surface area contributed by atoms with Gasteiger partial charge in [-0.05, 0) is 51.3 Å². The summed E-state index contributed by atoms with van der Waals surface area (Å²) in [5.41, 5.74) is 3.90. The molecule has 2 aliphatic rings. The zero-order chi connectivity index (χ0) is 20.5. The number of hydrogen-bond acceptors (Lipinski definition) is 4. The summed E-state index contributed by atoms with van der Waals surface area (Å²) in [7, 11) is 0. The Balaban J connectivity index is 0.00000320. The second-order valence-electron chi connectivity index (χ2n) is 8.06. The molecule has 0 saturated carbocycles. The molecular formula is C23H39IN4O2. The summed E-state index contributed by atoms with van der Waals surface area (Å²) >= 11 is 0. The lowest BCUT2D eigenvalue weighted by Crippen LogP contribution is -2.48. The molecule has 1 atom stereocenters. The summed E-state index contributed by atoms with van der Waals surface area (Å²) in [4.78, 5) is 9.77. The minimum atomic E-state index is 0. The average Bonchev–Trinajstić information content (AvgIpc) is 2.73. The maximum Gasteiger partial charge on any atom is 0.194 e. The molecule has 0 bridgehead atoms. The Labute approximate surface area is 199 Å². The number of guanidine groups is 1. The Morgan fingerprint density at radius 1 is 1.13 bits per heavy atom. The van der Waals surface area contributed by atoms with E-state index in [1.54, 1.807) is 0 Å². The predicted octanol–water partition coefficient (Wildman–Crippen LogP) is 3.37. The Morgan fingerprint density at radius 3 is 2.67 bits per heavy atom. The van der Waals surface area contributed by atoms with Crippen molar-refractivity contribution in [1.29, 1.82) is 0 Å². The van der Waals surface area contributed by atoms with Gasteiger partial charge in [0.1, 0.15) is 6.10 Å². The van der Waals surface area contributed by atoms with E-state index in [-0.39, 0.29) is 30.1 Å². The molecule has 1 aromatic rings. The molecule has 0 aromatic heterocycles. The van der Waals surface area contributed by atoms with E-state index in [0.29, 0.717) is 0 Å². The van der Waals surface area contributed by atoms with Gasteiger partial charge < -0.3 is 19.7 Å². The lowest BCUT2D eigenvalue weighted by molar-refractivity contribution is -0.00833. The third-order valence-electron chi connectivity index (χ3n) is 5.72. The SMILES string of the molecule is CCNC(=NCCCCN1CCOCC1)N1CCOC(c2ccc(C)cc2C)C1.I. The van der Waals surface area contributed by atoms with E-state index in [1.165, 1.54) is 23.1 Å². The van der Waals surface area contributed by atoms with E-state index in [1.807, 2.05) is 0 Å². The Hall–Kier alpha value is -0.900. The summed E-state index contributed by atoms with van der Waals surface area (Å²) in [5, 5.41) is 3.48. The first-order chi connectivity index (χ1) is 14.2. The van der Waals surface area contributed by atoms with Gasteiger partial charge in [-0.15, -0.1) is 24.0 Å². The smallest absolute Gasteiger partial charge is 0.194 e. The number of rotatable bonds is 7. The molecule has 0 amide bonds. The first-order valence-corrected chi connectivity index (χ1v) is 11.2. The first-order valence-electron chi connectivity index (χ1n) is 11.2. The van der Waals surface area contributed by atoms with Gasteiger partial charge in [-0.1, -0.05) is 23.8 Å². The van der Waals surface area contributed by atoms with Crippen LogP contribution in [0.4, 0.5) is 0 Å². The number of nitrogens with one attached hydrogen (secondary N) is 1. The minimum Gasteiger partial charge on any atom is -0.379 e. The van der Waals surface area contributed by atoms with Gasteiger partial charge in [0.05, 0.1) is 26.4 Å². The molecule has 30 heavy (non-hydrogen) atoms. The first kappa shape index (κ1) is 25.4. The zero-order valence-corrected chi connectivity index (χ0v) is 21.2. The topological polar surface area (TPSA) is 49.3 Å². The summed E-state index contributed by atoms with van der Waals surface area (Å²) in [5.74, 6) is 1.02. The number of ether oxygens (including phenoxy) is 2. The summed E-state index contributed by atoms with van der Waals surface area (Å²) < 4.78 is 11.5. The summed E-state index contributed by atoms with van der Waals surface area (Å²) in [6.07, 6.45) is 2.42. The fourth-order valence-corrected chi connectivity index (χ4v) is 4.10. The van der Waals surface area contributed by atoms with Crippen molar-refractivity contribution in [3.8, 4) is 0 Å². The fraction of sp³-hybridized carbons (Fsp3) is 0.696. The predicted molar refractivity (Wildman–Crippen MR) is 134 cm³/mol. The van der Waals surface area contributed by atoms with Gasteiger partial charge in [0.2, 0.25) is 0 Å². The quantitative estimate of drug-likeness (QED) is 0.254. The standard InChI is InChI=1S/C23H38N4O2.HI/c1-4-24-23(25-9-5-6-10-26-11-14-28-15-12-26)27-13-16-29-22(18-27)21-8-7-19(2)17-20(21)3;/h7-8,17,22H,4-6,9-16,18H2,1-3H3,(H,24,25);1H. The number of aryl methyl sites for hydroxylation is 2. The molecule has 3 rings (SSSR count). The van der Waals surface area contributed by atoms with E-state index >= 15 is 0 Å². The van der Waals surface area contributed by atoms with Crippen LogP contribution in [0, 0.1) is 13.8 Å². The molecule has 0 aliphatic carbocycles. The van der Waals surface area contributed by atoms with Crippen LogP contribution in [0.3, 0.4) is 0 Å². The molecule has 170 valence electrons. The number of halogens is 1. The highest BCUT2D eigenvalue weighted by Crippen LogP contribution is 2.26. The third kappa shape index (κ3) is 7.66. The van der Waals surface area contributed by atoms with Gasteiger partial charge in [-0.3, -0.25) is 9.89 Å². The highest BCUT2D eigenvalue weighted by molar-refractivity contribution is 14.0. The van der Waals surface area contributed by atoms with Crippen molar-refractivity contribution in [3.05, 3.63) is 34.9 Å². The Morgan fingerprint density at radius 2 is 1.93 bits per heavy atom. The minimum absolute atomic E-state index is 0. The van der Waals surface area contributed by atoms with Gasteiger partial charge >= 0.3 is 0 Å². The maximum atomic E-state index is 6.11. The molecule has 2 aliphatic heterocycles. The molecule has 1 N–H and O–H groups in total. The molecule has 7 heteroatoms. The van der Waals surface area contributed by atoms with Crippen molar-refractivity contribution >= 4 is 29.9 Å². The van der Waals surface area contributed by atoms with Crippen molar-refractivity contribution in [3.63, 3.8) is 0 Å². The zero-order valence-electron chi connectivity index (χ0n) is 18.9. The van der Waals surface area contributed by atoms with Gasteiger partial charge in [-0.25, -0.2) is 0 Å².